The van der Waals surface area contributed by atoms with E-state index in [9.17, 15) is 9.59 Å². The Kier molecular flexibility index (Phi) is 5.02. The highest BCUT2D eigenvalue weighted by molar-refractivity contribution is 5.97. The fourth-order valence-corrected chi connectivity index (χ4v) is 2.90. The lowest BCUT2D eigenvalue weighted by Gasteiger charge is -2.16. The molecule has 7 nitrogen and oxygen atoms in total. The molecular formula is C18H22N4O3. The van der Waals surface area contributed by atoms with Crippen LogP contribution in [0.5, 0.6) is 5.75 Å². The maximum Gasteiger partial charge on any atom is 0.229 e. The highest BCUT2D eigenvalue weighted by Crippen LogP contribution is 2.22. The van der Waals surface area contributed by atoms with Gasteiger partial charge in [0, 0.05) is 32.3 Å². The number of likely N-dealkylation sites (tertiary alicyclic amines) is 1. The van der Waals surface area contributed by atoms with Crippen LogP contribution in [-0.4, -0.2) is 40.1 Å². The number of nitrogens with zero attached hydrogens (tertiary/aromatic N) is 3. The Morgan fingerprint density at radius 1 is 1.36 bits per heavy atom. The Morgan fingerprint density at radius 2 is 2.12 bits per heavy atom. The fraction of sp³-hybridized carbons (Fsp3) is 0.389. The average molecular weight is 342 g/mol. The van der Waals surface area contributed by atoms with E-state index in [0.29, 0.717) is 18.8 Å². The van der Waals surface area contributed by atoms with Gasteiger partial charge in [-0.1, -0.05) is 12.1 Å². The van der Waals surface area contributed by atoms with Gasteiger partial charge in [-0.05, 0) is 24.6 Å². The number of aryl methyl sites for hydroxylation is 1. The van der Waals surface area contributed by atoms with Crippen LogP contribution in [0.3, 0.4) is 0 Å². The molecule has 25 heavy (non-hydrogen) atoms. The summed E-state index contributed by atoms with van der Waals surface area (Å²) in [4.78, 5) is 26.3. The van der Waals surface area contributed by atoms with Crippen LogP contribution in [0.15, 0.2) is 36.7 Å². The van der Waals surface area contributed by atoms with Crippen molar-refractivity contribution in [2.24, 2.45) is 5.92 Å². The van der Waals surface area contributed by atoms with Gasteiger partial charge in [0.15, 0.2) is 0 Å². The van der Waals surface area contributed by atoms with Gasteiger partial charge in [-0.25, -0.2) is 0 Å². The molecule has 1 aromatic carbocycles. The van der Waals surface area contributed by atoms with Gasteiger partial charge in [0.05, 0.1) is 24.9 Å². The summed E-state index contributed by atoms with van der Waals surface area (Å²) in [5.41, 5.74) is 1.67. The Balaban J connectivity index is 1.58. The molecule has 3 rings (SSSR count). The lowest BCUT2D eigenvalue weighted by atomic mass is 10.1. The van der Waals surface area contributed by atoms with Crippen molar-refractivity contribution < 1.29 is 14.3 Å². The number of rotatable bonds is 6. The molecule has 0 saturated carbocycles. The van der Waals surface area contributed by atoms with Gasteiger partial charge in [-0.2, -0.15) is 5.10 Å². The molecule has 132 valence electrons. The van der Waals surface area contributed by atoms with Crippen molar-refractivity contribution >= 4 is 17.5 Å². The molecule has 1 aromatic heterocycles. The van der Waals surface area contributed by atoms with Gasteiger partial charge in [0.25, 0.3) is 0 Å². The quantitative estimate of drug-likeness (QED) is 0.870. The van der Waals surface area contributed by atoms with Crippen molar-refractivity contribution in [2.75, 3.05) is 19.0 Å². The first-order valence-electron chi connectivity index (χ1n) is 8.33. The number of anilines is 1. The Labute approximate surface area is 146 Å². The molecule has 1 saturated heterocycles. The molecule has 1 fully saturated rings. The van der Waals surface area contributed by atoms with Crippen molar-refractivity contribution in [1.29, 1.82) is 0 Å². The second kappa shape index (κ2) is 7.38. The van der Waals surface area contributed by atoms with Gasteiger partial charge in [-0.15, -0.1) is 0 Å². The fourth-order valence-electron chi connectivity index (χ4n) is 2.90. The minimum Gasteiger partial charge on any atom is -0.497 e. The van der Waals surface area contributed by atoms with Crippen molar-refractivity contribution in [2.45, 2.75) is 26.4 Å². The molecule has 0 radical (unpaired) electrons. The zero-order valence-electron chi connectivity index (χ0n) is 14.4. The molecule has 7 heteroatoms. The molecule has 2 amide bonds. The van der Waals surface area contributed by atoms with Crippen LogP contribution < -0.4 is 10.1 Å². The van der Waals surface area contributed by atoms with Gasteiger partial charge in [0.1, 0.15) is 5.75 Å². The summed E-state index contributed by atoms with van der Waals surface area (Å²) in [6.07, 6.45) is 3.64. The minimum atomic E-state index is -0.337. The average Bonchev–Trinajstić information content (AvgIpc) is 3.22. The first-order chi connectivity index (χ1) is 12.1. The number of hydrogen-bond acceptors (Lipinski definition) is 4. The summed E-state index contributed by atoms with van der Waals surface area (Å²) in [6.45, 7) is 3.65. The summed E-state index contributed by atoms with van der Waals surface area (Å²) in [5.74, 6) is 0.304. The summed E-state index contributed by atoms with van der Waals surface area (Å²) < 4.78 is 6.88. The van der Waals surface area contributed by atoms with Crippen LogP contribution in [0.4, 0.5) is 5.69 Å². The monoisotopic (exact) mass is 342 g/mol. The van der Waals surface area contributed by atoms with E-state index in [1.807, 2.05) is 31.2 Å². The predicted octanol–water partition coefficient (Wildman–Crippen LogP) is 1.90. The van der Waals surface area contributed by atoms with E-state index in [1.54, 1.807) is 29.1 Å². The van der Waals surface area contributed by atoms with E-state index >= 15 is 0 Å². The maximum atomic E-state index is 12.4. The van der Waals surface area contributed by atoms with E-state index in [4.69, 9.17) is 4.74 Å². The van der Waals surface area contributed by atoms with Crippen LogP contribution in [0, 0.1) is 5.92 Å². The van der Waals surface area contributed by atoms with Gasteiger partial charge in [0.2, 0.25) is 11.8 Å². The highest BCUT2D eigenvalue weighted by atomic mass is 16.5. The van der Waals surface area contributed by atoms with Crippen LogP contribution in [0.1, 0.15) is 18.9 Å². The molecule has 0 bridgehead atoms. The maximum absolute atomic E-state index is 12.4. The lowest BCUT2D eigenvalue weighted by molar-refractivity contribution is -0.128. The zero-order valence-corrected chi connectivity index (χ0v) is 14.4. The molecule has 2 heterocycles. The highest BCUT2D eigenvalue weighted by Gasteiger charge is 2.34. The predicted molar refractivity (Wildman–Crippen MR) is 93.0 cm³/mol. The Hall–Kier alpha value is -2.83. The normalized spacial score (nSPS) is 17.0. The molecular weight excluding hydrogens is 320 g/mol. The number of aromatic nitrogens is 2. The lowest BCUT2D eigenvalue weighted by Crippen LogP contribution is -2.27. The molecule has 0 aliphatic carbocycles. The van der Waals surface area contributed by atoms with E-state index in [0.717, 1.165) is 17.9 Å². The molecule has 1 N–H and O–H groups in total. The smallest absolute Gasteiger partial charge is 0.229 e. The largest absolute Gasteiger partial charge is 0.497 e. The van der Waals surface area contributed by atoms with E-state index in [-0.39, 0.29) is 24.2 Å². The van der Waals surface area contributed by atoms with Crippen LogP contribution in [0.2, 0.25) is 0 Å². The van der Waals surface area contributed by atoms with E-state index in [1.165, 1.54) is 0 Å². The molecule has 1 aliphatic rings. The SMILES string of the molecule is CCn1cc(NC(=O)[C@@H]2CC(=O)N(Cc3ccc(OC)cc3)C2)cn1. The number of carbonyl (C=O) groups is 2. The number of hydrogen-bond donors (Lipinski definition) is 1. The summed E-state index contributed by atoms with van der Waals surface area (Å²) in [6, 6.07) is 7.59. The number of benzene rings is 1. The first kappa shape index (κ1) is 17.0. The second-order valence-electron chi connectivity index (χ2n) is 6.10. The minimum absolute atomic E-state index is 0.000205. The molecule has 1 aliphatic heterocycles. The zero-order chi connectivity index (χ0) is 17.8. The summed E-state index contributed by atoms with van der Waals surface area (Å²) in [7, 11) is 1.62. The van der Waals surface area contributed by atoms with Crippen molar-refractivity contribution in [3.63, 3.8) is 0 Å². The van der Waals surface area contributed by atoms with E-state index < -0.39 is 0 Å². The number of carbonyl (C=O) groups excluding carboxylic acids is 2. The van der Waals surface area contributed by atoms with Gasteiger partial charge >= 0.3 is 0 Å². The molecule has 0 unspecified atom stereocenters. The molecule has 2 aromatic rings. The Morgan fingerprint density at radius 3 is 2.76 bits per heavy atom. The molecule has 0 spiro atoms. The number of nitrogens with one attached hydrogen (secondary N) is 1. The van der Waals surface area contributed by atoms with Crippen molar-refractivity contribution in [3.05, 3.63) is 42.2 Å². The van der Waals surface area contributed by atoms with Crippen molar-refractivity contribution in [3.8, 4) is 5.75 Å². The third kappa shape index (κ3) is 3.99. The van der Waals surface area contributed by atoms with Gasteiger partial charge < -0.3 is 15.0 Å². The summed E-state index contributed by atoms with van der Waals surface area (Å²) >= 11 is 0. The molecule has 1 atom stereocenters. The van der Waals surface area contributed by atoms with Crippen molar-refractivity contribution in [1.82, 2.24) is 14.7 Å². The third-order valence-corrected chi connectivity index (χ3v) is 4.34. The first-order valence-corrected chi connectivity index (χ1v) is 8.33. The number of amides is 2. The van der Waals surface area contributed by atoms with E-state index in [2.05, 4.69) is 10.4 Å². The van der Waals surface area contributed by atoms with Crippen LogP contribution >= 0.6 is 0 Å². The van der Waals surface area contributed by atoms with Crippen LogP contribution in [0.25, 0.3) is 0 Å². The van der Waals surface area contributed by atoms with Crippen LogP contribution in [-0.2, 0) is 22.7 Å². The third-order valence-electron chi connectivity index (χ3n) is 4.34. The second-order valence-corrected chi connectivity index (χ2v) is 6.10. The summed E-state index contributed by atoms with van der Waals surface area (Å²) in [5, 5.41) is 6.97. The Bertz CT molecular complexity index is 754. The topological polar surface area (TPSA) is 76.5 Å². The van der Waals surface area contributed by atoms with Gasteiger partial charge in [-0.3, -0.25) is 14.3 Å². The number of methoxy groups -OCH3 is 1. The standard InChI is InChI=1S/C18H22N4O3/c1-3-22-12-15(9-19-22)20-18(24)14-8-17(23)21(11-14)10-13-4-6-16(25-2)7-5-13/h4-7,9,12,14H,3,8,10-11H2,1-2H3,(H,20,24)/t14-/m1/s1. The number of ether oxygens (including phenoxy) is 1.